The van der Waals surface area contributed by atoms with Crippen LogP contribution in [0.5, 0.6) is 0 Å². The number of hydrogen-bond donors (Lipinski definition) is 0. The van der Waals surface area contributed by atoms with Gasteiger partial charge in [0, 0.05) is 29.6 Å². The highest BCUT2D eigenvalue weighted by molar-refractivity contribution is 7.84. The molecule has 11 heteroatoms. The molecule has 4 rings (SSSR count). The van der Waals surface area contributed by atoms with E-state index in [0.29, 0.717) is 23.5 Å². The van der Waals surface area contributed by atoms with E-state index >= 15 is 8.78 Å². The highest BCUT2D eigenvalue weighted by Crippen LogP contribution is 2.54. The minimum atomic E-state index is -1.64. The Hall–Kier alpha value is -3.37. The molecule has 0 amide bonds. The van der Waals surface area contributed by atoms with Gasteiger partial charge in [-0.15, -0.1) is 0 Å². The smallest absolute Gasteiger partial charge is 0.273 e. The topological polar surface area (TPSA) is 77.2 Å². The normalized spacial score (nSPS) is 18.9. The van der Waals surface area contributed by atoms with Gasteiger partial charge in [0.15, 0.2) is 11.6 Å². The van der Waals surface area contributed by atoms with E-state index in [9.17, 15) is 13.4 Å². The summed E-state index contributed by atoms with van der Waals surface area (Å²) in [5.74, 6) is -2.19. The lowest BCUT2D eigenvalue weighted by molar-refractivity contribution is 0.591. The molecule has 0 spiro atoms. The number of benzene rings is 1. The van der Waals surface area contributed by atoms with Gasteiger partial charge in [-0.2, -0.15) is 0 Å². The Morgan fingerprint density at radius 2 is 1.95 bits per heavy atom. The number of pyridine rings is 1. The Balaban J connectivity index is 1.73. The van der Waals surface area contributed by atoms with Gasteiger partial charge in [0.2, 0.25) is 0 Å². The molecular formula is C26H22ClF3N4O2S. The van der Waals surface area contributed by atoms with E-state index in [4.69, 9.17) is 11.6 Å². The first-order chi connectivity index (χ1) is 17.6. The molecular weight excluding hydrogens is 525 g/mol. The number of hydrogen-bond acceptors (Lipinski definition) is 5. The summed E-state index contributed by atoms with van der Waals surface area (Å²) in [5, 5.41) is -0.0919. The zero-order chi connectivity index (χ0) is 26.9. The molecule has 37 heavy (non-hydrogen) atoms. The molecule has 3 unspecified atom stereocenters. The van der Waals surface area contributed by atoms with Crippen LogP contribution in [0.2, 0.25) is 5.02 Å². The largest absolute Gasteiger partial charge is 0.284 e. The lowest BCUT2D eigenvalue weighted by Crippen LogP contribution is -2.21. The fourth-order valence-electron chi connectivity index (χ4n) is 4.01. The van der Waals surface area contributed by atoms with Crippen LogP contribution >= 0.6 is 11.6 Å². The van der Waals surface area contributed by atoms with Crippen molar-refractivity contribution in [2.24, 2.45) is 4.99 Å². The minimum Gasteiger partial charge on any atom is -0.284 e. The molecule has 3 atom stereocenters. The standard InChI is InChI=1S/C26H22ClF3N4O2S/c1-4-8-31-24(16-6-5-7-21(23(16)30)37(3)36)20(29)13-34-14(2)9-18(22(27)26(34)35)17-10-19(17)25-32-11-15(28)12-33-25/h4-9,11-13,17,19H,10H2,1-3H3/b8-4+,20-13-,31-24+. The van der Waals surface area contributed by atoms with Gasteiger partial charge in [0.1, 0.15) is 22.4 Å². The second-order valence-corrected chi connectivity index (χ2v) is 10.2. The summed E-state index contributed by atoms with van der Waals surface area (Å²) in [7, 11) is -1.64. The molecule has 1 saturated carbocycles. The molecule has 1 aromatic carbocycles. The van der Waals surface area contributed by atoms with E-state index in [1.54, 1.807) is 19.9 Å². The zero-order valence-electron chi connectivity index (χ0n) is 20.1. The van der Waals surface area contributed by atoms with Crippen molar-refractivity contribution in [2.75, 3.05) is 6.26 Å². The summed E-state index contributed by atoms with van der Waals surface area (Å²) in [6.07, 6.45) is 7.84. The number of aryl methyl sites for hydroxylation is 1. The van der Waals surface area contributed by atoms with Crippen LogP contribution < -0.4 is 5.56 Å². The molecule has 1 fully saturated rings. The first-order valence-electron chi connectivity index (χ1n) is 11.2. The summed E-state index contributed by atoms with van der Waals surface area (Å²) < 4.78 is 56.7. The Morgan fingerprint density at radius 3 is 2.59 bits per heavy atom. The monoisotopic (exact) mass is 546 g/mol. The summed E-state index contributed by atoms with van der Waals surface area (Å²) in [6.45, 7) is 3.27. The molecule has 0 aliphatic heterocycles. The Labute approximate surface area is 218 Å². The van der Waals surface area contributed by atoms with Crippen molar-refractivity contribution >= 4 is 34.3 Å². The molecule has 0 saturated heterocycles. The van der Waals surface area contributed by atoms with Crippen molar-refractivity contribution in [3.8, 4) is 0 Å². The van der Waals surface area contributed by atoms with E-state index in [1.165, 1.54) is 36.7 Å². The summed E-state index contributed by atoms with van der Waals surface area (Å²) in [4.78, 5) is 25.1. The van der Waals surface area contributed by atoms with Gasteiger partial charge in [-0.25, -0.2) is 23.1 Å². The number of nitrogens with zero attached hydrogens (tertiary/aromatic N) is 4. The van der Waals surface area contributed by atoms with Crippen LogP contribution in [0.15, 0.2) is 69.4 Å². The molecule has 0 bridgehead atoms. The first kappa shape index (κ1) is 26.7. The zero-order valence-corrected chi connectivity index (χ0v) is 21.7. The van der Waals surface area contributed by atoms with Gasteiger partial charge in [-0.1, -0.05) is 23.7 Å². The van der Waals surface area contributed by atoms with Crippen LogP contribution in [-0.2, 0) is 10.8 Å². The number of aromatic nitrogens is 3. The van der Waals surface area contributed by atoms with Gasteiger partial charge < -0.3 is 0 Å². The Morgan fingerprint density at radius 1 is 1.24 bits per heavy atom. The quantitative estimate of drug-likeness (QED) is 0.357. The van der Waals surface area contributed by atoms with Gasteiger partial charge in [0.25, 0.3) is 5.56 Å². The lowest BCUT2D eigenvalue weighted by Gasteiger charge is -2.12. The Kier molecular flexibility index (Phi) is 7.89. The second-order valence-electron chi connectivity index (χ2n) is 8.45. The molecule has 2 heterocycles. The number of allylic oxidation sites excluding steroid dienone is 2. The van der Waals surface area contributed by atoms with Crippen LogP contribution in [0.3, 0.4) is 0 Å². The van der Waals surface area contributed by atoms with Crippen molar-refractivity contribution in [1.29, 1.82) is 0 Å². The van der Waals surface area contributed by atoms with Crippen LogP contribution in [-0.4, -0.2) is 30.7 Å². The average Bonchev–Trinajstić information content (AvgIpc) is 3.66. The van der Waals surface area contributed by atoms with E-state index < -0.39 is 33.8 Å². The first-order valence-corrected chi connectivity index (χ1v) is 13.2. The maximum absolute atomic E-state index is 15.6. The fourth-order valence-corrected chi connectivity index (χ4v) is 4.93. The van der Waals surface area contributed by atoms with Gasteiger partial charge in [0.05, 0.1) is 34.3 Å². The molecule has 3 aromatic rings. The van der Waals surface area contributed by atoms with E-state index in [0.717, 1.165) is 23.2 Å². The van der Waals surface area contributed by atoms with Crippen LogP contribution in [0.1, 0.15) is 47.8 Å². The molecule has 1 aliphatic carbocycles. The molecule has 192 valence electrons. The van der Waals surface area contributed by atoms with Gasteiger partial charge in [-0.3, -0.25) is 18.6 Å². The van der Waals surface area contributed by atoms with Crippen LogP contribution in [0.25, 0.3) is 6.20 Å². The second kappa shape index (κ2) is 10.9. The SMILES string of the molecule is C/C=C/N=C(/C(F)=C/n1c(C)cc(C2CC2c2ncc(F)cn2)c(Cl)c1=O)c1cccc(S(C)=O)c1F. The third-order valence-corrected chi connectivity index (χ3v) is 7.23. The highest BCUT2D eigenvalue weighted by Gasteiger charge is 2.43. The molecule has 2 aromatic heterocycles. The summed E-state index contributed by atoms with van der Waals surface area (Å²) in [5.41, 5.74) is -0.274. The molecule has 0 radical (unpaired) electrons. The van der Waals surface area contributed by atoms with Gasteiger partial charge >= 0.3 is 0 Å². The van der Waals surface area contributed by atoms with E-state index in [1.807, 2.05) is 0 Å². The van der Waals surface area contributed by atoms with Crippen LogP contribution in [0.4, 0.5) is 13.2 Å². The van der Waals surface area contributed by atoms with Gasteiger partial charge in [-0.05, 0) is 49.9 Å². The average molecular weight is 547 g/mol. The number of rotatable bonds is 7. The van der Waals surface area contributed by atoms with Crippen molar-refractivity contribution in [3.63, 3.8) is 0 Å². The maximum Gasteiger partial charge on any atom is 0.273 e. The van der Waals surface area contributed by atoms with Crippen molar-refractivity contribution in [3.05, 3.63) is 104 Å². The van der Waals surface area contributed by atoms with Crippen molar-refractivity contribution < 1.29 is 17.4 Å². The lowest BCUT2D eigenvalue weighted by atomic mass is 10.1. The summed E-state index contributed by atoms with van der Waals surface area (Å²) >= 11 is 6.41. The number of aliphatic imine (C=N–C) groups is 1. The maximum atomic E-state index is 15.6. The predicted molar refractivity (Wildman–Crippen MR) is 138 cm³/mol. The predicted octanol–water partition coefficient (Wildman–Crippen LogP) is 5.68. The Bertz CT molecular complexity index is 1530. The van der Waals surface area contributed by atoms with E-state index in [-0.39, 0.29) is 33.0 Å². The summed E-state index contributed by atoms with van der Waals surface area (Å²) in [6, 6.07) is 5.79. The molecule has 6 nitrogen and oxygen atoms in total. The van der Waals surface area contributed by atoms with E-state index in [2.05, 4.69) is 15.0 Å². The van der Waals surface area contributed by atoms with Crippen molar-refractivity contribution in [2.45, 2.75) is 37.0 Å². The highest BCUT2D eigenvalue weighted by atomic mass is 35.5. The molecule has 1 aliphatic rings. The fraction of sp³-hybridized carbons (Fsp3) is 0.231. The molecule has 0 N–H and O–H groups in total. The third-order valence-electron chi connectivity index (χ3n) is 5.92. The minimum absolute atomic E-state index is 0.0919. The number of halogens is 4. The van der Waals surface area contributed by atoms with Crippen molar-refractivity contribution in [1.82, 2.24) is 14.5 Å². The van der Waals surface area contributed by atoms with Crippen LogP contribution in [0, 0.1) is 18.6 Å². The third kappa shape index (κ3) is 5.50.